The standard InChI is InChI=1S/C9H8F2O2/c1-13-9-7(10)4-6(2-3-12)5-8(9)11/h3-5H,2H2,1H3. The third kappa shape index (κ3) is 2.02. The zero-order valence-corrected chi connectivity index (χ0v) is 7.01. The molecule has 0 saturated heterocycles. The Kier molecular flexibility index (Phi) is 2.95. The van der Waals surface area contributed by atoms with Crippen molar-refractivity contribution in [2.24, 2.45) is 0 Å². The lowest BCUT2D eigenvalue weighted by Crippen LogP contribution is -1.96. The molecule has 0 amide bonds. The summed E-state index contributed by atoms with van der Waals surface area (Å²) in [5.41, 5.74) is 0.297. The second kappa shape index (κ2) is 3.98. The second-order valence-electron chi connectivity index (χ2n) is 2.46. The number of halogens is 2. The van der Waals surface area contributed by atoms with Gasteiger partial charge in [-0.2, -0.15) is 0 Å². The molecule has 0 radical (unpaired) electrons. The van der Waals surface area contributed by atoms with Gasteiger partial charge in [-0.05, 0) is 17.7 Å². The Morgan fingerprint density at radius 2 is 1.92 bits per heavy atom. The molecule has 0 aromatic heterocycles. The van der Waals surface area contributed by atoms with Gasteiger partial charge in [-0.3, -0.25) is 0 Å². The fourth-order valence-corrected chi connectivity index (χ4v) is 1.02. The fraction of sp³-hybridized carbons (Fsp3) is 0.222. The normalized spacial score (nSPS) is 9.77. The van der Waals surface area contributed by atoms with E-state index in [4.69, 9.17) is 0 Å². The predicted molar refractivity (Wildman–Crippen MR) is 42.7 cm³/mol. The summed E-state index contributed by atoms with van der Waals surface area (Å²) in [5, 5.41) is 0. The number of methoxy groups -OCH3 is 1. The van der Waals surface area contributed by atoms with E-state index in [1.807, 2.05) is 0 Å². The number of hydrogen-bond acceptors (Lipinski definition) is 2. The highest BCUT2D eigenvalue weighted by Gasteiger charge is 2.10. The molecule has 0 bridgehead atoms. The number of benzene rings is 1. The van der Waals surface area contributed by atoms with Gasteiger partial charge in [-0.25, -0.2) is 8.78 Å². The molecule has 0 spiro atoms. The van der Waals surface area contributed by atoms with Crippen LogP contribution in [0.25, 0.3) is 0 Å². The first-order valence-corrected chi connectivity index (χ1v) is 3.64. The van der Waals surface area contributed by atoms with Crippen LogP contribution in [0, 0.1) is 11.6 Å². The van der Waals surface area contributed by atoms with Crippen LogP contribution < -0.4 is 4.74 Å². The van der Waals surface area contributed by atoms with Gasteiger partial charge < -0.3 is 9.53 Å². The smallest absolute Gasteiger partial charge is 0.190 e. The van der Waals surface area contributed by atoms with Crippen molar-refractivity contribution in [1.82, 2.24) is 0 Å². The molecule has 1 aromatic rings. The highest BCUT2D eigenvalue weighted by atomic mass is 19.1. The molecule has 0 fully saturated rings. The molecule has 4 heteroatoms. The molecule has 2 nitrogen and oxygen atoms in total. The van der Waals surface area contributed by atoms with Crippen LogP contribution in [0.15, 0.2) is 12.1 Å². The maximum Gasteiger partial charge on any atom is 0.190 e. The molecule has 13 heavy (non-hydrogen) atoms. The molecule has 0 aliphatic carbocycles. The third-order valence-electron chi connectivity index (χ3n) is 1.58. The van der Waals surface area contributed by atoms with Crippen LogP contribution in [0.2, 0.25) is 0 Å². The van der Waals surface area contributed by atoms with Crippen LogP contribution in [-0.2, 0) is 11.2 Å². The number of ether oxygens (including phenoxy) is 1. The van der Waals surface area contributed by atoms with Gasteiger partial charge in [0.1, 0.15) is 6.29 Å². The highest BCUT2D eigenvalue weighted by Crippen LogP contribution is 2.22. The molecule has 1 aromatic carbocycles. The van der Waals surface area contributed by atoms with E-state index >= 15 is 0 Å². The van der Waals surface area contributed by atoms with Crippen LogP contribution in [-0.4, -0.2) is 13.4 Å². The van der Waals surface area contributed by atoms with Gasteiger partial charge in [-0.1, -0.05) is 0 Å². The number of rotatable bonds is 3. The summed E-state index contributed by atoms with van der Waals surface area (Å²) in [5.74, 6) is -2.01. The van der Waals surface area contributed by atoms with Crippen molar-refractivity contribution in [3.8, 4) is 5.75 Å². The maximum atomic E-state index is 13.0. The van der Waals surface area contributed by atoms with E-state index < -0.39 is 17.4 Å². The maximum absolute atomic E-state index is 13.0. The van der Waals surface area contributed by atoms with Crippen molar-refractivity contribution in [2.75, 3.05) is 7.11 Å². The van der Waals surface area contributed by atoms with Crippen LogP contribution in [0.1, 0.15) is 5.56 Å². The van der Waals surface area contributed by atoms with Gasteiger partial charge in [0, 0.05) is 6.42 Å². The van der Waals surface area contributed by atoms with Crippen molar-refractivity contribution in [3.05, 3.63) is 29.3 Å². The van der Waals surface area contributed by atoms with E-state index in [0.29, 0.717) is 11.8 Å². The highest BCUT2D eigenvalue weighted by molar-refractivity contribution is 5.55. The van der Waals surface area contributed by atoms with Crippen LogP contribution in [0.4, 0.5) is 8.78 Å². The van der Waals surface area contributed by atoms with Gasteiger partial charge in [0.2, 0.25) is 0 Å². The molecule has 0 aliphatic heterocycles. The van der Waals surface area contributed by atoms with E-state index in [2.05, 4.69) is 4.74 Å². The van der Waals surface area contributed by atoms with Gasteiger partial charge in [-0.15, -0.1) is 0 Å². The van der Waals surface area contributed by atoms with Crippen molar-refractivity contribution in [3.63, 3.8) is 0 Å². The Balaban J connectivity index is 3.12. The Bertz CT molecular complexity index is 300. The summed E-state index contributed by atoms with van der Waals surface area (Å²) >= 11 is 0. The van der Waals surface area contributed by atoms with Crippen molar-refractivity contribution in [1.29, 1.82) is 0 Å². The number of carbonyl (C=O) groups excluding carboxylic acids is 1. The number of hydrogen-bond donors (Lipinski definition) is 0. The SMILES string of the molecule is COc1c(F)cc(CC=O)cc1F. The van der Waals surface area contributed by atoms with Crippen molar-refractivity contribution in [2.45, 2.75) is 6.42 Å². The van der Waals surface area contributed by atoms with Gasteiger partial charge >= 0.3 is 0 Å². The lowest BCUT2D eigenvalue weighted by molar-refractivity contribution is -0.107. The molecule has 0 atom stereocenters. The summed E-state index contributed by atoms with van der Waals surface area (Å²) in [4.78, 5) is 10.1. The van der Waals surface area contributed by atoms with Gasteiger partial charge in [0.15, 0.2) is 17.4 Å². The monoisotopic (exact) mass is 186 g/mol. The summed E-state index contributed by atoms with van der Waals surface area (Å²) < 4.78 is 30.4. The van der Waals surface area contributed by atoms with Gasteiger partial charge in [0.25, 0.3) is 0 Å². The Morgan fingerprint density at radius 1 is 1.38 bits per heavy atom. The predicted octanol–water partition coefficient (Wildman–Crippen LogP) is 1.71. The van der Waals surface area contributed by atoms with Crippen LogP contribution in [0.5, 0.6) is 5.75 Å². The largest absolute Gasteiger partial charge is 0.491 e. The van der Waals surface area contributed by atoms with Gasteiger partial charge in [0.05, 0.1) is 7.11 Å². The minimum Gasteiger partial charge on any atom is -0.491 e. The first kappa shape index (κ1) is 9.64. The van der Waals surface area contributed by atoms with Crippen molar-refractivity contribution < 1.29 is 18.3 Å². The molecule has 70 valence electrons. The molecule has 0 saturated carbocycles. The average Bonchev–Trinajstić information content (AvgIpc) is 2.04. The number of aldehydes is 1. The van der Waals surface area contributed by atoms with Crippen LogP contribution in [0.3, 0.4) is 0 Å². The summed E-state index contributed by atoms with van der Waals surface area (Å²) in [6, 6.07) is 2.16. The molecule has 0 unspecified atom stereocenters. The van der Waals surface area contributed by atoms with Crippen molar-refractivity contribution >= 4 is 6.29 Å². The van der Waals surface area contributed by atoms with Crippen LogP contribution >= 0.6 is 0 Å². The molecular weight excluding hydrogens is 178 g/mol. The van der Waals surface area contributed by atoms with E-state index in [1.165, 1.54) is 7.11 Å². The third-order valence-corrected chi connectivity index (χ3v) is 1.58. The lowest BCUT2D eigenvalue weighted by atomic mass is 10.1. The topological polar surface area (TPSA) is 26.3 Å². The molecule has 0 heterocycles. The quantitative estimate of drug-likeness (QED) is 0.672. The summed E-state index contributed by atoms with van der Waals surface area (Å²) in [6.45, 7) is 0. The summed E-state index contributed by atoms with van der Waals surface area (Å²) in [7, 11) is 1.18. The zero-order chi connectivity index (χ0) is 9.84. The zero-order valence-electron chi connectivity index (χ0n) is 7.01. The minimum absolute atomic E-state index is 0.00215. The molecule has 0 N–H and O–H groups in total. The first-order chi connectivity index (χ1) is 6.19. The molecular formula is C9H8F2O2. The molecule has 0 aliphatic rings. The first-order valence-electron chi connectivity index (χ1n) is 3.64. The average molecular weight is 186 g/mol. The second-order valence-corrected chi connectivity index (χ2v) is 2.46. The Morgan fingerprint density at radius 3 is 2.31 bits per heavy atom. The summed E-state index contributed by atoms with van der Waals surface area (Å²) in [6.07, 6.45) is 0.582. The van der Waals surface area contributed by atoms with E-state index in [-0.39, 0.29) is 6.42 Å². The fourth-order valence-electron chi connectivity index (χ4n) is 1.02. The van der Waals surface area contributed by atoms with E-state index in [1.54, 1.807) is 0 Å². The molecule has 1 rings (SSSR count). The van der Waals surface area contributed by atoms with E-state index in [0.717, 1.165) is 12.1 Å². The Hall–Kier alpha value is -1.45. The lowest BCUT2D eigenvalue weighted by Gasteiger charge is -2.04. The number of carbonyl (C=O) groups is 1. The minimum atomic E-state index is -0.792. The van der Waals surface area contributed by atoms with E-state index in [9.17, 15) is 13.6 Å². The Labute approximate surface area is 74.1 Å².